The van der Waals surface area contributed by atoms with Gasteiger partial charge in [-0.05, 0) is 43.5 Å². The molecule has 0 amide bonds. The minimum atomic E-state index is -0.178. The second-order valence-electron chi connectivity index (χ2n) is 8.04. The van der Waals surface area contributed by atoms with Crippen LogP contribution in [0.1, 0.15) is 37.1 Å². The van der Waals surface area contributed by atoms with Gasteiger partial charge in [-0.2, -0.15) is 0 Å². The quantitative estimate of drug-likeness (QED) is 0.628. The normalized spacial score (nSPS) is 15.1. The van der Waals surface area contributed by atoms with E-state index in [4.69, 9.17) is 9.47 Å². The maximum absolute atomic E-state index is 10.7. The lowest BCUT2D eigenvalue weighted by atomic mass is 9.70. The van der Waals surface area contributed by atoms with Crippen molar-refractivity contribution < 1.29 is 14.3 Å². The van der Waals surface area contributed by atoms with E-state index in [1.807, 2.05) is 20.0 Å². The average Bonchev–Trinajstić information content (AvgIpc) is 2.68. The number of anilines is 1. The third-order valence-electron chi connectivity index (χ3n) is 5.53. The molecule has 7 nitrogen and oxygen atoms in total. The summed E-state index contributed by atoms with van der Waals surface area (Å²) in [5.41, 5.74) is 6.42. The van der Waals surface area contributed by atoms with Gasteiger partial charge in [0.25, 0.3) is 6.47 Å². The van der Waals surface area contributed by atoms with E-state index >= 15 is 0 Å². The molecule has 0 radical (unpaired) electrons. The van der Waals surface area contributed by atoms with E-state index in [0.717, 1.165) is 34.8 Å². The van der Waals surface area contributed by atoms with E-state index in [0.29, 0.717) is 26.0 Å². The number of likely N-dealkylation sites (N-methyl/N-ethyl adjacent to an activating group) is 1. The Bertz CT molecular complexity index is 883. The zero-order chi connectivity index (χ0) is 21.0. The van der Waals surface area contributed by atoms with Crippen LogP contribution in [0.25, 0.3) is 11.3 Å². The summed E-state index contributed by atoms with van der Waals surface area (Å²) >= 11 is 0. The van der Waals surface area contributed by atoms with Gasteiger partial charge in [0.1, 0.15) is 18.2 Å². The van der Waals surface area contributed by atoms with Crippen LogP contribution in [0.4, 0.5) is 5.69 Å². The van der Waals surface area contributed by atoms with Gasteiger partial charge >= 0.3 is 0 Å². The zero-order valence-corrected chi connectivity index (χ0v) is 17.8. The van der Waals surface area contributed by atoms with E-state index in [1.54, 1.807) is 13.4 Å². The molecule has 0 fully saturated rings. The van der Waals surface area contributed by atoms with E-state index < -0.39 is 0 Å². The van der Waals surface area contributed by atoms with Crippen molar-refractivity contribution in [3.8, 4) is 17.0 Å². The summed E-state index contributed by atoms with van der Waals surface area (Å²) in [4.78, 5) is 19.8. The number of aryl methyl sites for hydroxylation is 1. The second-order valence-corrected chi connectivity index (χ2v) is 8.04. The van der Waals surface area contributed by atoms with Gasteiger partial charge in [-0.3, -0.25) is 4.79 Å². The fourth-order valence-corrected chi connectivity index (χ4v) is 4.30. The molecule has 29 heavy (non-hydrogen) atoms. The predicted octanol–water partition coefficient (Wildman–Crippen LogP) is 2.86. The molecule has 2 aromatic rings. The topological polar surface area (TPSA) is 85.4 Å². The molecule has 0 bridgehead atoms. The van der Waals surface area contributed by atoms with Crippen LogP contribution in [0.15, 0.2) is 18.5 Å². The van der Waals surface area contributed by atoms with E-state index in [9.17, 15) is 4.79 Å². The number of hydrogen-bond acceptors (Lipinski definition) is 7. The number of aromatic nitrogens is 2. The highest BCUT2D eigenvalue weighted by atomic mass is 16.5. The molecular weight excluding hydrogens is 368 g/mol. The number of carbonyl (C=O) groups excluding carboxylic acids is 1. The Morgan fingerprint density at radius 1 is 1.31 bits per heavy atom. The Balaban J connectivity index is 1.96. The lowest BCUT2D eigenvalue weighted by Gasteiger charge is -2.35. The first kappa shape index (κ1) is 21.0. The summed E-state index contributed by atoms with van der Waals surface area (Å²) in [6.07, 6.45) is 3.00. The average molecular weight is 399 g/mol. The third kappa shape index (κ3) is 4.19. The Hall–Kier alpha value is -2.67. The van der Waals surface area contributed by atoms with Crippen LogP contribution in [-0.2, 0) is 21.4 Å². The maximum atomic E-state index is 10.7. The number of benzene rings is 1. The number of fused-ring (bicyclic) bond motifs is 3. The van der Waals surface area contributed by atoms with Gasteiger partial charge < -0.3 is 20.1 Å². The molecule has 1 atom stereocenters. The molecule has 2 N–H and O–H groups in total. The number of ether oxygens (including phenoxy) is 2. The van der Waals surface area contributed by atoms with Crippen LogP contribution >= 0.6 is 0 Å². The summed E-state index contributed by atoms with van der Waals surface area (Å²) in [6.45, 7) is 8.29. The molecule has 0 spiro atoms. The fourth-order valence-electron chi connectivity index (χ4n) is 4.30. The van der Waals surface area contributed by atoms with E-state index in [-0.39, 0.29) is 11.5 Å². The van der Waals surface area contributed by atoms with Crippen LogP contribution in [-0.4, -0.2) is 49.8 Å². The Kier molecular flexibility index (Phi) is 6.37. The van der Waals surface area contributed by atoms with Crippen LogP contribution < -0.4 is 15.4 Å². The lowest BCUT2D eigenvalue weighted by Crippen LogP contribution is -2.30. The van der Waals surface area contributed by atoms with Gasteiger partial charge in [-0.25, -0.2) is 9.97 Å². The highest BCUT2D eigenvalue weighted by molar-refractivity contribution is 5.81. The molecule has 7 heteroatoms. The molecule has 1 aromatic heterocycles. The molecular formula is C22H30N4O3. The summed E-state index contributed by atoms with van der Waals surface area (Å²) < 4.78 is 10.8. The smallest absolute Gasteiger partial charge is 0.293 e. The fraction of sp³-hybridized carbons (Fsp3) is 0.500. The van der Waals surface area contributed by atoms with Crippen LogP contribution in [0, 0.1) is 6.92 Å². The molecule has 0 saturated carbocycles. The molecule has 1 aliphatic carbocycles. The van der Waals surface area contributed by atoms with Crippen LogP contribution in [0.2, 0.25) is 0 Å². The molecule has 3 rings (SSSR count). The number of hydrogen-bond donors (Lipinski definition) is 2. The monoisotopic (exact) mass is 398 g/mol. The molecule has 0 saturated heterocycles. The summed E-state index contributed by atoms with van der Waals surface area (Å²) in [7, 11) is 3.52. The molecule has 1 heterocycles. The summed E-state index contributed by atoms with van der Waals surface area (Å²) in [6, 6.07) is 4.06. The van der Waals surface area contributed by atoms with Crippen molar-refractivity contribution >= 4 is 12.2 Å². The van der Waals surface area contributed by atoms with Gasteiger partial charge in [0, 0.05) is 36.3 Å². The second kappa shape index (κ2) is 8.78. The SMILES string of the molecule is CNCC(CCNc1c(OC)ccc2c1CC(C)(C)c1c(C)ncnc1-2)OC=O. The highest BCUT2D eigenvalue weighted by Gasteiger charge is 2.35. The van der Waals surface area contributed by atoms with Crippen LogP contribution in [0.5, 0.6) is 5.75 Å². The number of nitrogens with one attached hydrogen (secondary N) is 2. The summed E-state index contributed by atoms with van der Waals surface area (Å²) in [5.74, 6) is 0.801. The number of methoxy groups -OCH3 is 1. The Morgan fingerprint density at radius 2 is 2.10 bits per heavy atom. The van der Waals surface area contributed by atoms with Gasteiger partial charge in [0.2, 0.25) is 0 Å². The van der Waals surface area contributed by atoms with Gasteiger partial charge in [-0.1, -0.05) is 13.8 Å². The third-order valence-corrected chi connectivity index (χ3v) is 5.53. The van der Waals surface area contributed by atoms with Crippen molar-refractivity contribution in [3.63, 3.8) is 0 Å². The molecule has 156 valence electrons. The summed E-state index contributed by atoms with van der Waals surface area (Å²) in [5, 5.41) is 6.58. The van der Waals surface area contributed by atoms with Crippen LogP contribution in [0.3, 0.4) is 0 Å². The van der Waals surface area contributed by atoms with Crippen molar-refractivity contribution in [1.82, 2.24) is 15.3 Å². The number of carbonyl (C=O) groups is 1. The van der Waals surface area contributed by atoms with E-state index in [1.165, 1.54) is 11.1 Å². The number of rotatable bonds is 9. The first-order valence-electron chi connectivity index (χ1n) is 9.92. The first-order valence-corrected chi connectivity index (χ1v) is 9.92. The van der Waals surface area contributed by atoms with Crippen molar-refractivity contribution in [2.75, 3.05) is 32.6 Å². The van der Waals surface area contributed by atoms with Crippen molar-refractivity contribution in [1.29, 1.82) is 0 Å². The standard InChI is InChI=1S/C22H30N4O3/c1-14-19-21(26-12-25-14)16-6-7-18(28-5)20(17(16)10-22(19,2)3)24-9-8-15(11-23-4)29-13-27/h6-7,12-13,15,23-24H,8-11H2,1-5H3. The van der Waals surface area contributed by atoms with Crippen molar-refractivity contribution in [3.05, 3.63) is 35.3 Å². The molecule has 1 unspecified atom stereocenters. The molecule has 1 aliphatic rings. The van der Waals surface area contributed by atoms with Crippen molar-refractivity contribution in [2.24, 2.45) is 0 Å². The molecule has 1 aromatic carbocycles. The van der Waals surface area contributed by atoms with Gasteiger partial charge in [0.15, 0.2) is 0 Å². The minimum Gasteiger partial charge on any atom is -0.495 e. The first-order chi connectivity index (χ1) is 13.9. The predicted molar refractivity (Wildman–Crippen MR) is 113 cm³/mol. The lowest BCUT2D eigenvalue weighted by molar-refractivity contribution is -0.133. The molecule has 0 aliphatic heterocycles. The van der Waals surface area contributed by atoms with Gasteiger partial charge in [-0.15, -0.1) is 0 Å². The van der Waals surface area contributed by atoms with Crippen molar-refractivity contribution in [2.45, 2.75) is 45.1 Å². The highest BCUT2D eigenvalue weighted by Crippen LogP contribution is 2.47. The number of nitrogens with zero attached hydrogens (tertiary/aromatic N) is 2. The Morgan fingerprint density at radius 3 is 2.79 bits per heavy atom. The van der Waals surface area contributed by atoms with Gasteiger partial charge in [0.05, 0.1) is 18.5 Å². The largest absolute Gasteiger partial charge is 0.495 e. The van der Waals surface area contributed by atoms with E-state index in [2.05, 4.69) is 40.5 Å². The minimum absolute atomic E-state index is 0.0915. The zero-order valence-electron chi connectivity index (χ0n) is 17.8. The maximum Gasteiger partial charge on any atom is 0.293 e. The Labute approximate surface area is 172 Å².